The minimum absolute atomic E-state index is 0.0368. The van der Waals surface area contributed by atoms with E-state index >= 15 is 0 Å². The van der Waals surface area contributed by atoms with Crippen LogP contribution in [0.2, 0.25) is 0 Å². The lowest BCUT2D eigenvalue weighted by molar-refractivity contribution is -0.387. The molecule has 0 aliphatic heterocycles. The second-order valence-corrected chi connectivity index (χ2v) is 3.33. The van der Waals surface area contributed by atoms with Crippen molar-refractivity contribution in [3.63, 3.8) is 0 Å². The highest BCUT2D eigenvalue weighted by Crippen LogP contribution is 2.33. The van der Waals surface area contributed by atoms with Crippen LogP contribution in [0, 0.1) is 17.0 Å². The van der Waals surface area contributed by atoms with Crippen LogP contribution >= 0.6 is 0 Å². The molecular formula is C10H10F2N2O4. The zero-order valence-electron chi connectivity index (χ0n) is 9.65. The van der Waals surface area contributed by atoms with Crippen molar-refractivity contribution in [2.24, 2.45) is 0 Å². The van der Waals surface area contributed by atoms with Crippen LogP contribution in [0.15, 0.2) is 6.20 Å². The Bertz CT molecular complexity index is 491. The van der Waals surface area contributed by atoms with Crippen molar-refractivity contribution in [2.75, 3.05) is 6.61 Å². The first-order chi connectivity index (χ1) is 8.40. The van der Waals surface area contributed by atoms with Crippen molar-refractivity contribution in [3.05, 3.63) is 33.1 Å². The molecular weight excluding hydrogens is 250 g/mol. The Balaban J connectivity index is 3.49. The van der Waals surface area contributed by atoms with Crippen LogP contribution in [0.4, 0.5) is 14.5 Å². The number of pyridine rings is 1. The lowest BCUT2D eigenvalue weighted by atomic mass is 10.1. The summed E-state index contributed by atoms with van der Waals surface area (Å²) in [6, 6.07) is 0. The average Bonchev–Trinajstić information content (AvgIpc) is 2.27. The standard InChI is InChI=1S/C10H10F2N2O4/c1-3-18-10(15)7-6(9(11)12)8(14(16)17)5(2)4-13-7/h4,9H,3H2,1-2H3. The Morgan fingerprint density at radius 1 is 1.61 bits per heavy atom. The van der Waals surface area contributed by atoms with Gasteiger partial charge in [-0.25, -0.2) is 18.6 Å². The van der Waals surface area contributed by atoms with Gasteiger partial charge < -0.3 is 4.74 Å². The van der Waals surface area contributed by atoms with Gasteiger partial charge in [0.15, 0.2) is 5.69 Å². The van der Waals surface area contributed by atoms with Gasteiger partial charge in [0, 0.05) is 11.8 Å². The highest BCUT2D eigenvalue weighted by atomic mass is 19.3. The van der Waals surface area contributed by atoms with Crippen molar-refractivity contribution < 1.29 is 23.2 Å². The summed E-state index contributed by atoms with van der Waals surface area (Å²) in [6.07, 6.45) is -2.19. The Morgan fingerprint density at radius 3 is 2.67 bits per heavy atom. The SMILES string of the molecule is CCOC(=O)c1ncc(C)c([N+](=O)[O-])c1C(F)F. The number of nitrogens with zero attached hydrogens (tertiary/aromatic N) is 2. The maximum atomic E-state index is 12.9. The summed E-state index contributed by atoms with van der Waals surface area (Å²) in [4.78, 5) is 24.7. The minimum Gasteiger partial charge on any atom is -0.461 e. The number of esters is 1. The highest BCUT2D eigenvalue weighted by molar-refractivity contribution is 5.90. The summed E-state index contributed by atoms with van der Waals surface area (Å²) < 4.78 is 30.3. The Morgan fingerprint density at radius 2 is 2.22 bits per heavy atom. The van der Waals surface area contributed by atoms with Crippen LogP contribution in [0.25, 0.3) is 0 Å². The van der Waals surface area contributed by atoms with Crippen LogP contribution in [0.5, 0.6) is 0 Å². The molecule has 0 fully saturated rings. The molecule has 0 N–H and O–H groups in total. The fraction of sp³-hybridized carbons (Fsp3) is 0.400. The van der Waals surface area contributed by atoms with Gasteiger partial charge >= 0.3 is 5.97 Å². The number of hydrogen-bond acceptors (Lipinski definition) is 5. The van der Waals surface area contributed by atoms with Crippen LogP contribution in [0.1, 0.15) is 35.0 Å². The van der Waals surface area contributed by atoms with E-state index in [1.54, 1.807) is 0 Å². The molecule has 1 aromatic rings. The largest absolute Gasteiger partial charge is 0.461 e. The number of aromatic nitrogens is 1. The molecule has 8 heteroatoms. The molecule has 0 bridgehead atoms. The molecule has 0 atom stereocenters. The summed E-state index contributed by atoms with van der Waals surface area (Å²) in [5.41, 5.74) is -2.56. The molecule has 1 rings (SSSR count). The van der Waals surface area contributed by atoms with E-state index < -0.39 is 34.3 Å². The lowest BCUT2D eigenvalue weighted by Crippen LogP contribution is -2.13. The van der Waals surface area contributed by atoms with Gasteiger partial charge in [0.25, 0.3) is 12.1 Å². The molecule has 0 radical (unpaired) electrons. The van der Waals surface area contributed by atoms with Crippen LogP contribution in [-0.2, 0) is 4.74 Å². The number of carbonyl (C=O) groups is 1. The fourth-order valence-corrected chi connectivity index (χ4v) is 1.43. The molecule has 0 saturated heterocycles. The normalized spacial score (nSPS) is 10.5. The number of ether oxygens (including phenoxy) is 1. The molecule has 0 aliphatic rings. The predicted molar refractivity (Wildman–Crippen MR) is 56.5 cm³/mol. The zero-order valence-corrected chi connectivity index (χ0v) is 9.65. The second-order valence-electron chi connectivity index (χ2n) is 3.33. The van der Waals surface area contributed by atoms with Gasteiger partial charge in [-0.2, -0.15) is 0 Å². The first-order valence-electron chi connectivity index (χ1n) is 4.99. The Hall–Kier alpha value is -2.12. The van der Waals surface area contributed by atoms with E-state index in [4.69, 9.17) is 0 Å². The molecule has 0 saturated carbocycles. The van der Waals surface area contributed by atoms with Gasteiger partial charge in [0.2, 0.25) is 0 Å². The molecule has 0 amide bonds. The molecule has 18 heavy (non-hydrogen) atoms. The Labute approximate surface area is 101 Å². The molecule has 1 heterocycles. The second kappa shape index (κ2) is 5.48. The van der Waals surface area contributed by atoms with E-state index in [2.05, 4.69) is 9.72 Å². The smallest absolute Gasteiger partial charge is 0.357 e. The van der Waals surface area contributed by atoms with Crippen molar-refractivity contribution >= 4 is 11.7 Å². The first-order valence-corrected chi connectivity index (χ1v) is 4.99. The van der Waals surface area contributed by atoms with E-state index in [9.17, 15) is 23.7 Å². The number of carbonyl (C=O) groups excluding carboxylic acids is 1. The zero-order chi connectivity index (χ0) is 13.9. The molecule has 6 nitrogen and oxygen atoms in total. The van der Waals surface area contributed by atoms with Crippen LogP contribution in [0.3, 0.4) is 0 Å². The van der Waals surface area contributed by atoms with Crippen LogP contribution < -0.4 is 0 Å². The summed E-state index contributed by atoms with van der Waals surface area (Å²) in [6.45, 7) is 2.72. The topological polar surface area (TPSA) is 82.3 Å². The van der Waals surface area contributed by atoms with E-state index in [1.807, 2.05) is 0 Å². The van der Waals surface area contributed by atoms with Crippen molar-refractivity contribution in [3.8, 4) is 0 Å². The molecule has 98 valence electrons. The quantitative estimate of drug-likeness (QED) is 0.471. The molecule has 0 spiro atoms. The predicted octanol–water partition coefficient (Wildman–Crippen LogP) is 2.41. The van der Waals surface area contributed by atoms with Crippen molar-refractivity contribution in [1.29, 1.82) is 0 Å². The van der Waals surface area contributed by atoms with Gasteiger partial charge in [-0.15, -0.1) is 0 Å². The maximum Gasteiger partial charge on any atom is 0.357 e. The minimum atomic E-state index is -3.18. The number of alkyl halides is 2. The Kier molecular flexibility index (Phi) is 4.24. The molecule has 0 aromatic carbocycles. The summed E-state index contributed by atoms with van der Waals surface area (Å²) in [5, 5.41) is 10.8. The van der Waals surface area contributed by atoms with E-state index in [1.165, 1.54) is 13.8 Å². The number of aryl methyl sites for hydroxylation is 1. The molecule has 0 aliphatic carbocycles. The third-order valence-corrected chi connectivity index (χ3v) is 2.14. The highest BCUT2D eigenvalue weighted by Gasteiger charge is 2.32. The monoisotopic (exact) mass is 260 g/mol. The first kappa shape index (κ1) is 13.9. The fourth-order valence-electron chi connectivity index (χ4n) is 1.43. The van der Waals surface area contributed by atoms with E-state index in [0.717, 1.165) is 6.20 Å². The third kappa shape index (κ3) is 2.58. The van der Waals surface area contributed by atoms with E-state index in [0.29, 0.717) is 0 Å². The molecule has 1 aromatic heterocycles. The van der Waals surface area contributed by atoms with Gasteiger partial charge in [-0.05, 0) is 13.8 Å². The van der Waals surface area contributed by atoms with Crippen LogP contribution in [-0.4, -0.2) is 22.5 Å². The summed E-state index contributed by atoms with van der Waals surface area (Å²) in [5.74, 6) is -1.10. The van der Waals surface area contributed by atoms with Crippen molar-refractivity contribution in [1.82, 2.24) is 4.98 Å². The third-order valence-electron chi connectivity index (χ3n) is 2.14. The van der Waals surface area contributed by atoms with Gasteiger partial charge in [-0.1, -0.05) is 0 Å². The summed E-state index contributed by atoms with van der Waals surface area (Å²) in [7, 11) is 0. The number of rotatable bonds is 4. The number of nitro groups is 1. The van der Waals surface area contributed by atoms with Gasteiger partial charge in [0.05, 0.1) is 11.5 Å². The van der Waals surface area contributed by atoms with Gasteiger partial charge in [-0.3, -0.25) is 10.1 Å². The molecule has 0 unspecified atom stereocenters. The lowest BCUT2D eigenvalue weighted by Gasteiger charge is -2.09. The number of hydrogen-bond donors (Lipinski definition) is 0. The number of halogens is 2. The average molecular weight is 260 g/mol. The van der Waals surface area contributed by atoms with Crippen molar-refractivity contribution in [2.45, 2.75) is 20.3 Å². The maximum absolute atomic E-state index is 12.9. The summed E-state index contributed by atoms with van der Waals surface area (Å²) >= 11 is 0. The van der Waals surface area contributed by atoms with Gasteiger partial charge in [0.1, 0.15) is 5.56 Å². The van der Waals surface area contributed by atoms with E-state index in [-0.39, 0.29) is 12.2 Å².